The number of hydrogen-bond acceptors (Lipinski definition) is 6. The van der Waals surface area contributed by atoms with Gasteiger partial charge in [0.15, 0.2) is 0 Å². The highest BCUT2D eigenvalue weighted by molar-refractivity contribution is 6.13. The highest BCUT2D eigenvalue weighted by Gasteiger charge is 2.60. The normalized spacial score (nSPS) is 21.7. The third-order valence-corrected chi connectivity index (χ3v) is 7.30. The van der Waals surface area contributed by atoms with Crippen molar-refractivity contribution in [3.05, 3.63) is 72.3 Å². The molecule has 40 heavy (non-hydrogen) atoms. The summed E-state index contributed by atoms with van der Waals surface area (Å²) in [7, 11) is 0. The zero-order chi connectivity index (χ0) is 28.6. The van der Waals surface area contributed by atoms with Gasteiger partial charge in [-0.3, -0.25) is 28.9 Å². The number of carboxylic acids is 1. The minimum absolute atomic E-state index is 0.0517. The predicted molar refractivity (Wildman–Crippen MR) is 145 cm³/mol. The van der Waals surface area contributed by atoms with Crippen molar-refractivity contribution in [1.29, 1.82) is 0 Å². The SMILES string of the molecule is CC(=O)N1C[C@H](NC(=O)c2cccc3ccccc23)C(=O)N(CC(=O)NC2(C=O)CC2C(=O)O)c2ccccc21. The molecular weight excluding hydrogens is 516 g/mol. The quantitative estimate of drug-likeness (QED) is 0.383. The average Bonchev–Trinajstić information content (AvgIpc) is 3.69. The van der Waals surface area contributed by atoms with E-state index in [9.17, 15) is 33.9 Å². The van der Waals surface area contributed by atoms with Crippen molar-refractivity contribution in [3.8, 4) is 0 Å². The van der Waals surface area contributed by atoms with E-state index in [0.717, 1.165) is 10.3 Å². The van der Waals surface area contributed by atoms with Gasteiger partial charge in [0.2, 0.25) is 11.8 Å². The molecule has 204 valence electrons. The lowest BCUT2D eigenvalue weighted by atomic mass is 10.0. The zero-order valence-electron chi connectivity index (χ0n) is 21.5. The molecule has 1 heterocycles. The molecule has 0 aromatic heterocycles. The van der Waals surface area contributed by atoms with Crippen LogP contribution < -0.4 is 20.4 Å². The molecule has 0 saturated heterocycles. The second-order valence-corrected chi connectivity index (χ2v) is 9.90. The lowest BCUT2D eigenvalue weighted by molar-refractivity contribution is -0.140. The van der Waals surface area contributed by atoms with E-state index in [0.29, 0.717) is 22.9 Å². The number of para-hydroxylation sites is 2. The van der Waals surface area contributed by atoms with Crippen molar-refractivity contribution in [2.45, 2.75) is 24.9 Å². The Balaban J connectivity index is 1.47. The van der Waals surface area contributed by atoms with Crippen molar-refractivity contribution >= 4 is 58.0 Å². The summed E-state index contributed by atoms with van der Waals surface area (Å²) in [6.45, 7) is 0.587. The van der Waals surface area contributed by atoms with Gasteiger partial charge in [0, 0.05) is 12.5 Å². The molecule has 5 rings (SSSR count). The van der Waals surface area contributed by atoms with E-state index in [1.807, 2.05) is 18.2 Å². The van der Waals surface area contributed by atoms with Crippen LogP contribution in [0.25, 0.3) is 10.8 Å². The van der Waals surface area contributed by atoms with E-state index in [4.69, 9.17) is 0 Å². The highest BCUT2D eigenvalue weighted by Crippen LogP contribution is 2.42. The lowest BCUT2D eigenvalue weighted by Gasteiger charge is -2.26. The van der Waals surface area contributed by atoms with Crippen molar-refractivity contribution in [1.82, 2.24) is 10.6 Å². The van der Waals surface area contributed by atoms with Gasteiger partial charge in [-0.2, -0.15) is 0 Å². The summed E-state index contributed by atoms with van der Waals surface area (Å²) in [6.07, 6.45) is 0.344. The number of aliphatic carboxylic acids is 1. The number of aldehydes is 1. The third kappa shape index (κ3) is 4.77. The molecule has 1 aliphatic heterocycles. The number of nitrogens with one attached hydrogen (secondary N) is 2. The number of hydrogen-bond donors (Lipinski definition) is 3. The Labute approximate surface area is 228 Å². The van der Waals surface area contributed by atoms with Crippen LogP contribution in [0.2, 0.25) is 0 Å². The number of benzene rings is 3. The van der Waals surface area contributed by atoms with Gasteiger partial charge >= 0.3 is 5.97 Å². The number of rotatable bonds is 7. The number of fused-ring (bicyclic) bond motifs is 2. The van der Waals surface area contributed by atoms with Gasteiger partial charge in [-0.05, 0) is 35.4 Å². The molecule has 4 amide bonds. The van der Waals surface area contributed by atoms with Crippen LogP contribution in [-0.2, 0) is 24.0 Å². The predicted octanol–water partition coefficient (Wildman–Crippen LogP) is 1.50. The van der Waals surface area contributed by atoms with E-state index in [1.165, 1.54) is 11.8 Å². The number of carbonyl (C=O) groups is 6. The molecule has 11 heteroatoms. The molecule has 11 nitrogen and oxygen atoms in total. The summed E-state index contributed by atoms with van der Waals surface area (Å²) in [4.78, 5) is 78.5. The monoisotopic (exact) mass is 542 g/mol. The maximum Gasteiger partial charge on any atom is 0.309 e. The van der Waals surface area contributed by atoms with Gasteiger partial charge in [0.1, 0.15) is 24.4 Å². The summed E-state index contributed by atoms with van der Waals surface area (Å²) in [5, 5.41) is 16.0. The molecule has 2 unspecified atom stereocenters. The van der Waals surface area contributed by atoms with Crippen LogP contribution in [0.5, 0.6) is 0 Å². The van der Waals surface area contributed by atoms with Crippen molar-refractivity contribution in [2.24, 2.45) is 5.92 Å². The molecule has 3 aromatic rings. The van der Waals surface area contributed by atoms with Crippen LogP contribution in [0.3, 0.4) is 0 Å². The van der Waals surface area contributed by atoms with Crippen LogP contribution in [0, 0.1) is 5.92 Å². The fourth-order valence-electron chi connectivity index (χ4n) is 5.14. The molecule has 1 aliphatic carbocycles. The summed E-state index contributed by atoms with van der Waals surface area (Å²) in [5.41, 5.74) is -0.582. The van der Waals surface area contributed by atoms with Gasteiger partial charge in [-0.15, -0.1) is 0 Å². The van der Waals surface area contributed by atoms with Crippen LogP contribution in [0.15, 0.2) is 66.7 Å². The van der Waals surface area contributed by atoms with Crippen LogP contribution in [-0.4, -0.2) is 65.7 Å². The molecule has 0 spiro atoms. The van der Waals surface area contributed by atoms with Gasteiger partial charge < -0.3 is 25.4 Å². The first-order valence-corrected chi connectivity index (χ1v) is 12.6. The van der Waals surface area contributed by atoms with E-state index in [-0.39, 0.29) is 24.6 Å². The summed E-state index contributed by atoms with van der Waals surface area (Å²) in [5.74, 6) is -4.58. The van der Waals surface area contributed by atoms with Crippen molar-refractivity contribution in [2.75, 3.05) is 22.9 Å². The maximum atomic E-state index is 13.9. The molecule has 1 fully saturated rings. The topological polar surface area (TPSA) is 153 Å². The smallest absolute Gasteiger partial charge is 0.309 e. The van der Waals surface area contributed by atoms with Crippen LogP contribution >= 0.6 is 0 Å². The Bertz CT molecular complexity index is 1570. The molecule has 1 saturated carbocycles. The second-order valence-electron chi connectivity index (χ2n) is 9.90. The zero-order valence-corrected chi connectivity index (χ0v) is 21.5. The number of amides is 4. The second kappa shape index (κ2) is 10.3. The van der Waals surface area contributed by atoms with Crippen LogP contribution in [0.1, 0.15) is 23.7 Å². The van der Waals surface area contributed by atoms with Gasteiger partial charge in [-0.25, -0.2) is 0 Å². The first-order chi connectivity index (χ1) is 19.1. The van der Waals surface area contributed by atoms with Gasteiger partial charge in [0.05, 0.1) is 23.8 Å². The molecule has 2 aliphatic rings. The Morgan fingerprint density at radius 1 is 1.00 bits per heavy atom. The molecule has 0 bridgehead atoms. The van der Waals surface area contributed by atoms with Crippen molar-refractivity contribution < 1.29 is 33.9 Å². The Hall–Kier alpha value is -5.06. The summed E-state index contributed by atoms with van der Waals surface area (Å²) < 4.78 is 0. The fraction of sp³-hybridized carbons (Fsp3) is 0.241. The van der Waals surface area contributed by atoms with E-state index < -0.39 is 47.7 Å². The summed E-state index contributed by atoms with van der Waals surface area (Å²) >= 11 is 0. The van der Waals surface area contributed by atoms with E-state index >= 15 is 0 Å². The van der Waals surface area contributed by atoms with Crippen molar-refractivity contribution in [3.63, 3.8) is 0 Å². The van der Waals surface area contributed by atoms with Gasteiger partial charge in [0.25, 0.3) is 11.8 Å². The number of anilines is 2. The Morgan fingerprint density at radius 2 is 1.68 bits per heavy atom. The van der Waals surface area contributed by atoms with Crippen LogP contribution in [0.4, 0.5) is 11.4 Å². The van der Waals surface area contributed by atoms with E-state index in [1.54, 1.807) is 48.5 Å². The average molecular weight is 543 g/mol. The minimum Gasteiger partial charge on any atom is -0.481 e. The first kappa shape index (κ1) is 26.5. The largest absolute Gasteiger partial charge is 0.481 e. The fourth-order valence-corrected chi connectivity index (χ4v) is 5.14. The number of nitrogens with zero attached hydrogens (tertiary/aromatic N) is 2. The third-order valence-electron chi connectivity index (χ3n) is 7.30. The number of carbonyl (C=O) groups excluding carboxylic acids is 5. The first-order valence-electron chi connectivity index (χ1n) is 12.6. The molecule has 3 N–H and O–H groups in total. The Kier molecular flexibility index (Phi) is 6.80. The minimum atomic E-state index is -1.54. The Morgan fingerprint density at radius 3 is 2.35 bits per heavy atom. The lowest BCUT2D eigenvalue weighted by Crippen LogP contribution is -2.55. The standard InChI is InChI=1S/C29H26N4O7/c1-17(35)32-14-22(30-26(37)20-10-6-8-18-7-2-3-9-19(18)20)27(38)33(24-12-5-4-11-23(24)32)15-25(36)31-29(16-34)13-21(29)28(39)40/h2-12,16,21-22H,13-15H2,1H3,(H,30,37)(H,31,36)(H,39,40)/t21?,22-,29?/m0/s1. The molecular formula is C29H26N4O7. The highest BCUT2D eigenvalue weighted by atomic mass is 16.4. The molecule has 0 radical (unpaired) electrons. The van der Waals surface area contributed by atoms with E-state index in [2.05, 4.69) is 10.6 Å². The number of carboxylic acid groups (broad SMARTS) is 1. The maximum absolute atomic E-state index is 13.9. The summed E-state index contributed by atoms with van der Waals surface area (Å²) in [6, 6.07) is 17.8. The molecule has 3 atom stereocenters. The molecule has 3 aromatic carbocycles. The van der Waals surface area contributed by atoms with Gasteiger partial charge in [-0.1, -0.05) is 48.5 Å².